The number of nitrogens with one attached hydrogen (secondary N) is 2. The van der Waals surface area contributed by atoms with Gasteiger partial charge in [-0.2, -0.15) is 0 Å². The minimum atomic E-state index is -3.90. The molecule has 0 aliphatic rings. The van der Waals surface area contributed by atoms with Crippen LogP contribution in [0.25, 0.3) is 0 Å². The lowest BCUT2D eigenvalue weighted by Crippen LogP contribution is -2.33. The molecule has 3 aromatic rings. The van der Waals surface area contributed by atoms with Crippen LogP contribution in [0.5, 0.6) is 11.5 Å². The van der Waals surface area contributed by atoms with E-state index in [-0.39, 0.29) is 23.8 Å². The van der Waals surface area contributed by atoms with Gasteiger partial charge in [-0.1, -0.05) is 41.9 Å². The Morgan fingerprint density at radius 1 is 0.939 bits per heavy atom. The number of ether oxygens (including phenoxy) is 2. The molecule has 1 amide bonds. The highest BCUT2D eigenvalue weighted by Crippen LogP contribution is 2.24. The largest absolute Gasteiger partial charge is 0.497 e. The van der Waals surface area contributed by atoms with Crippen LogP contribution in [0.3, 0.4) is 0 Å². The number of carbonyl (C=O) groups is 1. The molecule has 9 heteroatoms. The van der Waals surface area contributed by atoms with Crippen molar-refractivity contribution in [1.29, 1.82) is 0 Å². The molecule has 0 aliphatic heterocycles. The van der Waals surface area contributed by atoms with Crippen molar-refractivity contribution in [2.45, 2.75) is 23.9 Å². The highest BCUT2D eigenvalue weighted by atomic mass is 35.5. The van der Waals surface area contributed by atoms with Gasteiger partial charge in [-0.3, -0.25) is 4.79 Å². The normalized spacial score (nSPS) is 12.1. The van der Waals surface area contributed by atoms with Gasteiger partial charge in [0.2, 0.25) is 15.9 Å². The molecule has 2 N–H and O–H groups in total. The summed E-state index contributed by atoms with van der Waals surface area (Å²) in [5, 5.41) is 3.26. The average molecular weight is 489 g/mol. The summed E-state index contributed by atoms with van der Waals surface area (Å²) in [4.78, 5) is 12.8. The van der Waals surface area contributed by atoms with E-state index in [2.05, 4.69) is 10.0 Å². The maximum absolute atomic E-state index is 13.0. The first kappa shape index (κ1) is 24.6. The number of hydrogen-bond acceptors (Lipinski definition) is 5. The highest BCUT2D eigenvalue weighted by Gasteiger charge is 2.24. The number of para-hydroxylation sites is 1. The summed E-state index contributed by atoms with van der Waals surface area (Å²) in [6, 6.07) is 19.3. The van der Waals surface area contributed by atoms with Crippen LogP contribution in [0, 0.1) is 0 Å². The predicted molar refractivity (Wildman–Crippen MR) is 127 cm³/mol. The molecule has 0 heterocycles. The van der Waals surface area contributed by atoms with E-state index in [1.165, 1.54) is 24.3 Å². The molecule has 7 nitrogen and oxygen atoms in total. The van der Waals surface area contributed by atoms with Crippen molar-refractivity contribution in [2.75, 3.05) is 14.2 Å². The van der Waals surface area contributed by atoms with E-state index < -0.39 is 16.1 Å². The lowest BCUT2D eigenvalue weighted by Gasteiger charge is -2.20. The number of methoxy groups -OCH3 is 2. The topological polar surface area (TPSA) is 93.7 Å². The third-order valence-corrected chi connectivity index (χ3v) is 6.74. The number of hydrogen-bond donors (Lipinski definition) is 2. The van der Waals surface area contributed by atoms with Gasteiger partial charge in [-0.15, -0.1) is 0 Å². The SMILES string of the molecule is COc1ccc([C@@H](CC(=O)NCc2ccccc2OC)NS(=O)(=O)c2ccc(Cl)cc2)cc1. The van der Waals surface area contributed by atoms with Gasteiger partial charge >= 0.3 is 0 Å². The van der Waals surface area contributed by atoms with Gasteiger partial charge in [0.1, 0.15) is 11.5 Å². The van der Waals surface area contributed by atoms with Crippen LogP contribution in [0.4, 0.5) is 0 Å². The Balaban J connectivity index is 1.79. The van der Waals surface area contributed by atoms with E-state index in [0.717, 1.165) is 5.56 Å². The van der Waals surface area contributed by atoms with Crippen molar-refractivity contribution >= 4 is 27.5 Å². The van der Waals surface area contributed by atoms with Crippen LogP contribution in [0.1, 0.15) is 23.6 Å². The Hall–Kier alpha value is -3.07. The third kappa shape index (κ3) is 6.71. The first-order valence-corrected chi connectivity index (χ1v) is 12.0. The molecule has 0 saturated heterocycles. The highest BCUT2D eigenvalue weighted by molar-refractivity contribution is 7.89. The van der Waals surface area contributed by atoms with E-state index >= 15 is 0 Å². The summed E-state index contributed by atoms with van der Waals surface area (Å²) in [5.74, 6) is 0.965. The lowest BCUT2D eigenvalue weighted by atomic mass is 10.0. The van der Waals surface area contributed by atoms with Crippen molar-refractivity contribution in [3.63, 3.8) is 0 Å². The van der Waals surface area contributed by atoms with E-state index in [9.17, 15) is 13.2 Å². The molecule has 0 saturated carbocycles. The maximum atomic E-state index is 13.0. The zero-order chi connectivity index (χ0) is 23.8. The molecule has 0 unspecified atom stereocenters. The van der Waals surface area contributed by atoms with Crippen molar-refractivity contribution in [3.05, 3.63) is 88.9 Å². The Kier molecular flexibility index (Phi) is 8.32. The summed E-state index contributed by atoms with van der Waals surface area (Å²) >= 11 is 5.88. The van der Waals surface area contributed by atoms with Crippen molar-refractivity contribution in [1.82, 2.24) is 10.0 Å². The zero-order valence-corrected chi connectivity index (χ0v) is 19.8. The molecule has 174 valence electrons. The van der Waals surface area contributed by atoms with Gasteiger partial charge in [0, 0.05) is 23.6 Å². The Labute approximate surface area is 198 Å². The van der Waals surface area contributed by atoms with Crippen molar-refractivity contribution in [2.24, 2.45) is 0 Å². The molecule has 0 aliphatic carbocycles. The smallest absolute Gasteiger partial charge is 0.241 e. The first-order chi connectivity index (χ1) is 15.8. The Morgan fingerprint density at radius 3 is 2.24 bits per heavy atom. The minimum Gasteiger partial charge on any atom is -0.497 e. The summed E-state index contributed by atoms with van der Waals surface area (Å²) in [7, 11) is -0.799. The molecule has 0 bridgehead atoms. The Morgan fingerprint density at radius 2 is 1.61 bits per heavy atom. The summed E-state index contributed by atoms with van der Waals surface area (Å²) in [6.45, 7) is 0.252. The van der Waals surface area contributed by atoms with Crippen LogP contribution in [0.2, 0.25) is 5.02 Å². The van der Waals surface area contributed by atoms with E-state index in [0.29, 0.717) is 22.1 Å². The van der Waals surface area contributed by atoms with Crippen LogP contribution in [-0.4, -0.2) is 28.5 Å². The number of carbonyl (C=O) groups excluding carboxylic acids is 1. The molecule has 3 aromatic carbocycles. The molecule has 0 spiro atoms. The second-order valence-electron chi connectivity index (χ2n) is 7.19. The molecule has 3 rings (SSSR count). The van der Waals surface area contributed by atoms with Gasteiger partial charge in [0.15, 0.2) is 0 Å². The molecular formula is C24H25ClN2O5S. The number of halogens is 1. The summed E-state index contributed by atoms with van der Waals surface area (Å²) in [6.07, 6.45) is -0.103. The van der Waals surface area contributed by atoms with Crippen LogP contribution in [-0.2, 0) is 21.4 Å². The fourth-order valence-electron chi connectivity index (χ4n) is 3.23. The molecule has 33 heavy (non-hydrogen) atoms. The van der Waals surface area contributed by atoms with Gasteiger partial charge < -0.3 is 14.8 Å². The molecule has 0 fully saturated rings. The van der Waals surface area contributed by atoms with E-state index in [1.807, 2.05) is 24.3 Å². The molecule has 1 atom stereocenters. The fraction of sp³-hybridized carbons (Fsp3) is 0.208. The number of benzene rings is 3. The number of sulfonamides is 1. The molecule has 0 aromatic heterocycles. The monoisotopic (exact) mass is 488 g/mol. The minimum absolute atomic E-state index is 0.0554. The van der Waals surface area contributed by atoms with Crippen molar-refractivity contribution in [3.8, 4) is 11.5 Å². The first-order valence-electron chi connectivity index (χ1n) is 10.1. The van der Waals surface area contributed by atoms with Crippen LogP contribution >= 0.6 is 11.6 Å². The van der Waals surface area contributed by atoms with Crippen molar-refractivity contribution < 1.29 is 22.7 Å². The quantitative estimate of drug-likeness (QED) is 0.448. The maximum Gasteiger partial charge on any atom is 0.241 e. The standard InChI is InChI=1S/C24H25ClN2O5S/c1-31-20-11-7-17(8-12-20)22(27-33(29,30)21-13-9-19(25)10-14-21)15-24(28)26-16-18-5-3-4-6-23(18)32-2/h3-14,22,27H,15-16H2,1-2H3,(H,26,28)/t22-/m1/s1. The van der Waals surface area contributed by atoms with Crippen LogP contribution in [0.15, 0.2) is 77.7 Å². The summed E-state index contributed by atoms with van der Waals surface area (Å²) in [5.41, 5.74) is 1.44. The average Bonchev–Trinajstić information content (AvgIpc) is 2.82. The Bertz CT molecular complexity index is 1180. The zero-order valence-electron chi connectivity index (χ0n) is 18.2. The van der Waals surface area contributed by atoms with Gasteiger partial charge in [0.05, 0.1) is 25.2 Å². The second kappa shape index (κ2) is 11.2. The number of amides is 1. The van der Waals surface area contributed by atoms with Crippen LogP contribution < -0.4 is 19.5 Å². The van der Waals surface area contributed by atoms with Gasteiger partial charge in [0.25, 0.3) is 0 Å². The lowest BCUT2D eigenvalue weighted by molar-refractivity contribution is -0.121. The number of rotatable bonds is 10. The van der Waals surface area contributed by atoms with Gasteiger partial charge in [-0.25, -0.2) is 13.1 Å². The molecular weight excluding hydrogens is 464 g/mol. The summed E-state index contributed by atoms with van der Waals surface area (Å²) < 4.78 is 39.1. The van der Waals surface area contributed by atoms with Gasteiger partial charge in [-0.05, 0) is 48.0 Å². The predicted octanol–water partition coefficient (Wildman–Crippen LogP) is 4.08. The third-order valence-electron chi connectivity index (χ3n) is 5.00. The second-order valence-corrected chi connectivity index (χ2v) is 9.34. The van der Waals surface area contributed by atoms with E-state index in [4.69, 9.17) is 21.1 Å². The molecule has 0 radical (unpaired) electrons. The van der Waals surface area contributed by atoms with E-state index in [1.54, 1.807) is 38.5 Å². The fourth-order valence-corrected chi connectivity index (χ4v) is 4.58.